The van der Waals surface area contributed by atoms with Crippen molar-refractivity contribution in [1.82, 2.24) is 0 Å². The molecule has 1 heterocycles. The second-order valence-corrected chi connectivity index (χ2v) is 7.39. The van der Waals surface area contributed by atoms with Gasteiger partial charge in [0, 0.05) is 6.42 Å². The molecule has 0 spiro atoms. The van der Waals surface area contributed by atoms with Gasteiger partial charge >= 0.3 is 6.16 Å². The van der Waals surface area contributed by atoms with Crippen molar-refractivity contribution in [1.29, 1.82) is 0 Å². The summed E-state index contributed by atoms with van der Waals surface area (Å²) in [5.41, 5.74) is 1.52. The summed E-state index contributed by atoms with van der Waals surface area (Å²) in [6.07, 6.45) is -8.58. The molecule has 174 valence electrons. The van der Waals surface area contributed by atoms with Crippen LogP contribution in [0.1, 0.15) is 29.7 Å². The first-order valence-electron chi connectivity index (χ1n) is 10.2. The lowest BCUT2D eigenvalue weighted by Crippen LogP contribution is -2.53. The number of carbonyl (C=O) groups excluding carboxylic acids is 1. The van der Waals surface area contributed by atoms with E-state index < -0.39 is 49.2 Å². The van der Waals surface area contributed by atoms with Crippen molar-refractivity contribution in [2.45, 2.75) is 43.9 Å². The summed E-state index contributed by atoms with van der Waals surface area (Å²) in [5.74, 6) is 0.216. The van der Waals surface area contributed by atoms with Gasteiger partial charge in [0.05, 0.1) is 13.7 Å². The van der Waals surface area contributed by atoms with E-state index in [-0.39, 0.29) is 13.0 Å². The van der Waals surface area contributed by atoms with E-state index in [0.717, 1.165) is 5.56 Å². The van der Waals surface area contributed by atoms with Crippen LogP contribution in [0.25, 0.3) is 0 Å². The van der Waals surface area contributed by atoms with Crippen molar-refractivity contribution >= 4 is 6.16 Å². The zero-order valence-corrected chi connectivity index (χ0v) is 17.7. The number of alkyl halides is 1. The van der Waals surface area contributed by atoms with Crippen LogP contribution in [0.3, 0.4) is 0 Å². The lowest BCUT2D eigenvalue weighted by molar-refractivity contribution is -0.215. The van der Waals surface area contributed by atoms with Gasteiger partial charge in [0.2, 0.25) is 0 Å². The molecule has 9 heteroatoms. The topological polar surface area (TPSA) is 94.5 Å². The lowest BCUT2D eigenvalue weighted by atomic mass is 9.90. The maximum absolute atomic E-state index is 14.5. The molecule has 1 fully saturated rings. The molecule has 5 unspecified atom stereocenters. The first-order chi connectivity index (χ1) is 15.3. The smallest absolute Gasteiger partial charge is 0.497 e. The first kappa shape index (κ1) is 23.9. The Kier molecular flexibility index (Phi) is 8.00. The number of carbonyl (C=O) groups is 1. The van der Waals surface area contributed by atoms with Gasteiger partial charge in [-0.25, -0.2) is 13.6 Å². The van der Waals surface area contributed by atoms with Gasteiger partial charge in [-0.3, -0.25) is 0 Å². The number of benzene rings is 2. The van der Waals surface area contributed by atoms with E-state index >= 15 is 0 Å². The predicted octanol–water partition coefficient (Wildman–Crippen LogP) is 3.10. The van der Waals surface area contributed by atoms with Crippen LogP contribution in [0.4, 0.5) is 13.6 Å². The fourth-order valence-electron chi connectivity index (χ4n) is 3.52. The Morgan fingerprint density at radius 3 is 2.47 bits per heavy atom. The lowest BCUT2D eigenvalue weighted by Gasteiger charge is -2.39. The van der Waals surface area contributed by atoms with E-state index in [1.54, 1.807) is 38.3 Å². The van der Waals surface area contributed by atoms with E-state index in [0.29, 0.717) is 16.9 Å². The van der Waals surface area contributed by atoms with Gasteiger partial charge in [0.15, 0.2) is 6.17 Å². The number of aliphatic hydroxyl groups is 2. The number of hydrogen-bond acceptors (Lipinski definition) is 7. The summed E-state index contributed by atoms with van der Waals surface area (Å²) in [7, 11) is 1.55. The average Bonchev–Trinajstić information content (AvgIpc) is 2.79. The minimum atomic E-state index is -1.99. The van der Waals surface area contributed by atoms with Gasteiger partial charge in [-0.1, -0.05) is 18.2 Å². The maximum Gasteiger partial charge on any atom is 0.508 e. The van der Waals surface area contributed by atoms with Gasteiger partial charge in [0.25, 0.3) is 0 Å². The Balaban J connectivity index is 1.78. The number of hydrogen-bond donors (Lipinski definition) is 2. The molecule has 2 N–H and O–H groups in total. The molecule has 5 atom stereocenters. The van der Waals surface area contributed by atoms with E-state index in [2.05, 4.69) is 4.74 Å². The fraction of sp³-hybridized carbons (Fsp3) is 0.435. The standard InChI is InChI=1S/C23H26F2O7/c1-3-30-23(28)31-12-18-19(25)20(26)21(27)22(32-18)14-6-9-17(24)15(11-14)10-13-4-7-16(29-2)8-5-13/h4-9,11,18-22,26-27H,3,10,12H2,1-2H3. The highest BCUT2D eigenvalue weighted by Crippen LogP contribution is 2.35. The highest BCUT2D eigenvalue weighted by Gasteiger charge is 2.46. The summed E-state index contributed by atoms with van der Waals surface area (Å²) < 4.78 is 49.1. The third-order valence-corrected chi connectivity index (χ3v) is 5.24. The van der Waals surface area contributed by atoms with E-state index in [4.69, 9.17) is 14.2 Å². The van der Waals surface area contributed by atoms with Crippen molar-refractivity contribution in [2.24, 2.45) is 0 Å². The molecule has 0 aliphatic carbocycles. The van der Waals surface area contributed by atoms with Crippen molar-refractivity contribution in [3.05, 3.63) is 65.0 Å². The second-order valence-electron chi connectivity index (χ2n) is 7.39. The zero-order valence-electron chi connectivity index (χ0n) is 17.7. The minimum absolute atomic E-state index is 0.0833. The molecule has 0 radical (unpaired) electrons. The largest absolute Gasteiger partial charge is 0.508 e. The first-order valence-corrected chi connectivity index (χ1v) is 10.2. The Labute approximate surface area is 184 Å². The van der Waals surface area contributed by atoms with Gasteiger partial charge in [-0.15, -0.1) is 0 Å². The SMILES string of the molecule is CCOC(=O)OCC1OC(c2ccc(F)c(Cc3ccc(OC)cc3)c2)C(O)C(O)C1F. The number of halogens is 2. The quantitative estimate of drug-likeness (QED) is 0.624. The minimum Gasteiger partial charge on any atom is -0.497 e. The zero-order chi connectivity index (χ0) is 23.3. The Morgan fingerprint density at radius 1 is 1.09 bits per heavy atom. The summed E-state index contributed by atoms with van der Waals surface area (Å²) in [5, 5.41) is 20.6. The normalized spacial score (nSPS) is 25.2. The van der Waals surface area contributed by atoms with Gasteiger partial charge < -0.3 is 29.2 Å². The van der Waals surface area contributed by atoms with Gasteiger partial charge in [-0.05, 0) is 47.9 Å². The van der Waals surface area contributed by atoms with Crippen LogP contribution in [-0.2, 0) is 20.6 Å². The number of rotatable bonds is 7. The van der Waals surface area contributed by atoms with Gasteiger partial charge in [0.1, 0.15) is 42.6 Å². The molecule has 2 aromatic rings. The molecular weight excluding hydrogens is 426 g/mol. The number of methoxy groups -OCH3 is 1. The number of ether oxygens (including phenoxy) is 4. The van der Waals surface area contributed by atoms with Crippen LogP contribution in [0.5, 0.6) is 5.75 Å². The fourth-order valence-corrected chi connectivity index (χ4v) is 3.52. The molecule has 0 amide bonds. The van der Waals surface area contributed by atoms with Crippen LogP contribution in [0.2, 0.25) is 0 Å². The van der Waals surface area contributed by atoms with Crippen molar-refractivity contribution in [2.75, 3.05) is 20.3 Å². The van der Waals surface area contributed by atoms with Crippen LogP contribution < -0.4 is 4.74 Å². The van der Waals surface area contributed by atoms with Crippen molar-refractivity contribution < 1.29 is 42.7 Å². The average molecular weight is 452 g/mol. The third kappa shape index (κ3) is 5.53. The van der Waals surface area contributed by atoms with Crippen LogP contribution >= 0.6 is 0 Å². The summed E-state index contributed by atoms with van der Waals surface area (Å²) in [6, 6.07) is 11.3. The van der Waals surface area contributed by atoms with Gasteiger partial charge in [-0.2, -0.15) is 0 Å². The van der Waals surface area contributed by atoms with E-state index in [1.165, 1.54) is 18.2 Å². The van der Waals surface area contributed by atoms with Crippen LogP contribution in [0.15, 0.2) is 42.5 Å². The summed E-state index contributed by atoms with van der Waals surface area (Å²) in [4.78, 5) is 11.4. The molecule has 32 heavy (non-hydrogen) atoms. The molecule has 1 saturated heterocycles. The highest BCUT2D eigenvalue weighted by molar-refractivity contribution is 5.59. The van der Waals surface area contributed by atoms with E-state index in [1.807, 2.05) is 0 Å². The highest BCUT2D eigenvalue weighted by atomic mass is 19.1. The molecule has 1 aliphatic heterocycles. The van der Waals surface area contributed by atoms with Crippen molar-refractivity contribution in [3.63, 3.8) is 0 Å². The van der Waals surface area contributed by atoms with E-state index in [9.17, 15) is 23.8 Å². The molecule has 0 saturated carbocycles. The molecule has 0 bridgehead atoms. The third-order valence-electron chi connectivity index (χ3n) is 5.24. The van der Waals surface area contributed by atoms with Crippen LogP contribution in [0, 0.1) is 5.82 Å². The Morgan fingerprint density at radius 2 is 1.81 bits per heavy atom. The Bertz CT molecular complexity index is 906. The molecule has 1 aliphatic rings. The molecule has 2 aromatic carbocycles. The van der Waals surface area contributed by atoms with Crippen molar-refractivity contribution in [3.8, 4) is 5.75 Å². The summed E-state index contributed by atoms with van der Waals surface area (Å²) in [6.45, 7) is 1.16. The monoisotopic (exact) mass is 452 g/mol. The molecule has 7 nitrogen and oxygen atoms in total. The molecule has 3 rings (SSSR count). The second kappa shape index (κ2) is 10.7. The summed E-state index contributed by atoms with van der Waals surface area (Å²) >= 11 is 0. The molecular formula is C23H26F2O7. The van der Waals surface area contributed by atoms with Crippen LogP contribution in [-0.4, -0.2) is 61.2 Å². The molecule has 0 aromatic heterocycles. The number of aliphatic hydroxyl groups excluding tert-OH is 2. The maximum atomic E-state index is 14.5. The predicted molar refractivity (Wildman–Crippen MR) is 110 cm³/mol. The Hall–Kier alpha value is -2.75.